The lowest BCUT2D eigenvalue weighted by Crippen LogP contribution is -2.55. The SMILES string of the molecule is [N-]=[N+]=N[C@H]1[C@@H](F)CCN(C(=O)OCc2ccccc2)[C@H]1Cc1cccc(Br)c1F. The molecule has 2 aromatic carbocycles. The molecule has 6 nitrogen and oxygen atoms in total. The normalized spacial score (nSPS) is 21.3. The van der Waals surface area contributed by atoms with Crippen LogP contribution in [0.2, 0.25) is 0 Å². The van der Waals surface area contributed by atoms with Gasteiger partial charge in [-0.2, -0.15) is 0 Å². The van der Waals surface area contributed by atoms with E-state index in [1.807, 2.05) is 30.3 Å². The summed E-state index contributed by atoms with van der Waals surface area (Å²) in [6.07, 6.45) is -2.07. The minimum absolute atomic E-state index is 0.00415. The van der Waals surface area contributed by atoms with Crippen LogP contribution in [-0.4, -0.2) is 35.8 Å². The van der Waals surface area contributed by atoms with Gasteiger partial charge in [0.05, 0.1) is 16.6 Å². The monoisotopic (exact) mass is 464 g/mol. The van der Waals surface area contributed by atoms with Crippen molar-refractivity contribution in [1.82, 2.24) is 4.90 Å². The zero-order valence-electron chi connectivity index (χ0n) is 15.4. The first kappa shape index (κ1) is 21.1. The highest BCUT2D eigenvalue weighted by Gasteiger charge is 2.41. The smallest absolute Gasteiger partial charge is 0.410 e. The van der Waals surface area contributed by atoms with Gasteiger partial charge in [-0.25, -0.2) is 13.6 Å². The lowest BCUT2D eigenvalue weighted by Gasteiger charge is -2.40. The summed E-state index contributed by atoms with van der Waals surface area (Å²) in [5.74, 6) is -0.495. The number of likely N-dealkylation sites (tertiary alicyclic amines) is 1. The quantitative estimate of drug-likeness (QED) is 0.329. The molecule has 0 aromatic heterocycles. The number of halogens is 3. The van der Waals surface area contributed by atoms with Crippen LogP contribution in [0.5, 0.6) is 0 Å². The number of alkyl halides is 1. The van der Waals surface area contributed by atoms with Crippen molar-refractivity contribution in [3.63, 3.8) is 0 Å². The van der Waals surface area contributed by atoms with Crippen LogP contribution in [0, 0.1) is 5.82 Å². The number of hydrogen-bond acceptors (Lipinski definition) is 3. The summed E-state index contributed by atoms with van der Waals surface area (Å²) in [6.45, 7) is 0.145. The summed E-state index contributed by atoms with van der Waals surface area (Å²) >= 11 is 3.13. The molecule has 0 spiro atoms. The van der Waals surface area contributed by atoms with Crippen molar-refractivity contribution in [2.24, 2.45) is 5.11 Å². The molecule has 3 atom stereocenters. The Bertz CT molecular complexity index is 909. The van der Waals surface area contributed by atoms with Crippen LogP contribution < -0.4 is 0 Å². The Balaban J connectivity index is 1.83. The van der Waals surface area contributed by atoms with Crippen LogP contribution in [0.3, 0.4) is 0 Å². The topological polar surface area (TPSA) is 78.3 Å². The second kappa shape index (κ2) is 9.71. The van der Waals surface area contributed by atoms with Crippen molar-refractivity contribution in [1.29, 1.82) is 0 Å². The number of benzene rings is 2. The molecular formula is C20H19BrF2N4O2. The van der Waals surface area contributed by atoms with Gasteiger partial charge in [0.15, 0.2) is 0 Å². The summed E-state index contributed by atoms with van der Waals surface area (Å²) < 4.78 is 34.6. The molecule has 0 aliphatic carbocycles. The Hall–Kier alpha value is -2.64. The molecule has 3 rings (SSSR count). The van der Waals surface area contributed by atoms with Crippen LogP contribution in [-0.2, 0) is 17.8 Å². The lowest BCUT2D eigenvalue weighted by atomic mass is 9.90. The van der Waals surface area contributed by atoms with Crippen LogP contribution in [0.1, 0.15) is 17.5 Å². The van der Waals surface area contributed by atoms with E-state index < -0.39 is 30.2 Å². The van der Waals surface area contributed by atoms with E-state index in [9.17, 15) is 13.6 Å². The largest absolute Gasteiger partial charge is 0.445 e. The second-order valence-corrected chi connectivity index (χ2v) is 7.57. The Kier molecular flexibility index (Phi) is 7.06. The third-order valence-electron chi connectivity index (χ3n) is 4.90. The number of ether oxygens (including phenoxy) is 1. The number of amides is 1. The molecular weight excluding hydrogens is 446 g/mol. The van der Waals surface area contributed by atoms with Gasteiger partial charge in [-0.1, -0.05) is 47.6 Å². The van der Waals surface area contributed by atoms with Crippen molar-refractivity contribution in [2.75, 3.05) is 6.54 Å². The molecule has 0 unspecified atom stereocenters. The van der Waals surface area contributed by atoms with Gasteiger partial charge in [-0.15, -0.1) is 0 Å². The van der Waals surface area contributed by atoms with E-state index in [0.29, 0.717) is 0 Å². The molecule has 1 fully saturated rings. The van der Waals surface area contributed by atoms with E-state index in [4.69, 9.17) is 10.3 Å². The van der Waals surface area contributed by atoms with E-state index in [1.54, 1.807) is 18.2 Å². The summed E-state index contributed by atoms with van der Waals surface area (Å²) in [4.78, 5) is 16.8. The summed E-state index contributed by atoms with van der Waals surface area (Å²) in [5.41, 5.74) is 9.97. The zero-order valence-corrected chi connectivity index (χ0v) is 17.0. The molecule has 0 radical (unpaired) electrons. The van der Waals surface area contributed by atoms with E-state index in [2.05, 4.69) is 26.0 Å². The zero-order chi connectivity index (χ0) is 20.8. The fourth-order valence-electron chi connectivity index (χ4n) is 3.42. The standard InChI is InChI=1S/C20H19BrF2N4O2/c21-15-8-4-7-14(18(15)23)11-17-19(25-26-24)16(22)9-10-27(17)20(28)29-12-13-5-2-1-3-6-13/h1-8,16-17,19H,9-12H2/t16-,17-,19-/m0/s1. The number of azide groups is 1. The maximum absolute atomic E-state index is 14.5. The maximum Gasteiger partial charge on any atom is 0.410 e. The molecule has 0 N–H and O–H groups in total. The van der Waals surface area contributed by atoms with E-state index in [1.165, 1.54) is 4.90 Å². The minimum atomic E-state index is -1.43. The molecule has 152 valence electrons. The van der Waals surface area contributed by atoms with Gasteiger partial charge in [0.1, 0.15) is 18.6 Å². The van der Waals surface area contributed by atoms with Crippen molar-refractivity contribution in [3.05, 3.63) is 80.4 Å². The van der Waals surface area contributed by atoms with Gasteiger partial charge in [0.2, 0.25) is 0 Å². The van der Waals surface area contributed by atoms with Crippen molar-refractivity contribution in [2.45, 2.75) is 37.7 Å². The van der Waals surface area contributed by atoms with Crippen LogP contribution in [0.15, 0.2) is 58.1 Å². The van der Waals surface area contributed by atoms with Crippen LogP contribution in [0.4, 0.5) is 13.6 Å². The van der Waals surface area contributed by atoms with Gasteiger partial charge in [0, 0.05) is 11.5 Å². The molecule has 1 aliphatic rings. The Morgan fingerprint density at radius 2 is 2.03 bits per heavy atom. The number of carbonyl (C=O) groups is 1. The molecule has 0 bridgehead atoms. The van der Waals surface area contributed by atoms with Crippen molar-refractivity contribution < 1.29 is 18.3 Å². The number of carbonyl (C=O) groups excluding carboxylic acids is 1. The minimum Gasteiger partial charge on any atom is -0.445 e. The molecule has 0 saturated carbocycles. The highest BCUT2D eigenvalue weighted by molar-refractivity contribution is 9.10. The Labute approximate surface area is 175 Å². The van der Waals surface area contributed by atoms with Crippen molar-refractivity contribution >= 4 is 22.0 Å². The first-order valence-electron chi connectivity index (χ1n) is 9.09. The molecule has 9 heteroatoms. The summed E-state index contributed by atoms with van der Waals surface area (Å²) in [5, 5.41) is 3.57. The lowest BCUT2D eigenvalue weighted by molar-refractivity contribution is 0.0393. The first-order chi connectivity index (χ1) is 14.0. The predicted octanol–water partition coefficient (Wildman–Crippen LogP) is 5.56. The fraction of sp³-hybridized carbons (Fsp3) is 0.350. The number of hydrogen-bond donors (Lipinski definition) is 0. The highest BCUT2D eigenvalue weighted by atomic mass is 79.9. The van der Waals surface area contributed by atoms with E-state index >= 15 is 0 Å². The van der Waals surface area contributed by atoms with Gasteiger partial charge in [-0.3, -0.25) is 0 Å². The van der Waals surface area contributed by atoms with E-state index in [0.717, 1.165) is 5.56 Å². The highest BCUT2D eigenvalue weighted by Crippen LogP contribution is 2.29. The van der Waals surface area contributed by atoms with Gasteiger partial charge in [-0.05, 0) is 51.5 Å². The third kappa shape index (κ3) is 5.05. The molecule has 29 heavy (non-hydrogen) atoms. The average molecular weight is 465 g/mol. The van der Waals surface area contributed by atoms with Gasteiger partial charge in [0.25, 0.3) is 0 Å². The molecule has 1 amide bonds. The van der Waals surface area contributed by atoms with Crippen molar-refractivity contribution in [3.8, 4) is 0 Å². The van der Waals surface area contributed by atoms with Gasteiger partial charge < -0.3 is 9.64 Å². The Morgan fingerprint density at radius 3 is 2.76 bits per heavy atom. The first-order valence-corrected chi connectivity index (χ1v) is 9.89. The maximum atomic E-state index is 14.5. The third-order valence-corrected chi connectivity index (χ3v) is 5.51. The number of nitrogens with zero attached hydrogens (tertiary/aromatic N) is 4. The number of rotatable bonds is 5. The predicted molar refractivity (Wildman–Crippen MR) is 107 cm³/mol. The Morgan fingerprint density at radius 1 is 1.28 bits per heavy atom. The van der Waals surface area contributed by atoms with Gasteiger partial charge >= 0.3 is 6.09 Å². The fourth-order valence-corrected chi connectivity index (χ4v) is 3.83. The van der Waals surface area contributed by atoms with E-state index in [-0.39, 0.29) is 36.0 Å². The summed E-state index contributed by atoms with van der Waals surface area (Å²) in [7, 11) is 0. The molecule has 1 heterocycles. The van der Waals surface area contributed by atoms with Crippen LogP contribution >= 0.6 is 15.9 Å². The molecule has 1 aliphatic heterocycles. The average Bonchev–Trinajstić information content (AvgIpc) is 2.73. The number of piperidine rings is 1. The second-order valence-electron chi connectivity index (χ2n) is 6.72. The van der Waals surface area contributed by atoms with Crippen LogP contribution in [0.25, 0.3) is 10.4 Å². The molecule has 1 saturated heterocycles. The summed E-state index contributed by atoms with van der Waals surface area (Å²) in [6, 6.07) is 11.9. The molecule has 2 aromatic rings.